The standard InChI is InChI=1S/C7H8Cl2O2/c1-7(2)3(5(8)9)4(7)6(10)11/h4H,1-2H3,(H,10,11)/p-1/t4-/m0/s1. The summed E-state index contributed by atoms with van der Waals surface area (Å²) in [6.07, 6.45) is 0. The van der Waals surface area contributed by atoms with Crippen LogP contribution in [-0.4, -0.2) is 5.97 Å². The van der Waals surface area contributed by atoms with Crippen LogP contribution in [0.3, 0.4) is 0 Å². The topological polar surface area (TPSA) is 40.1 Å². The molecule has 0 unspecified atom stereocenters. The highest BCUT2D eigenvalue weighted by atomic mass is 35.5. The van der Waals surface area contributed by atoms with E-state index in [9.17, 15) is 9.90 Å². The number of aliphatic carboxylic acids is 1. The fourth-order valence-electron chi connectivity index (χ4n) is 1.31. The number of halogens is 2. The fraction of sp³-hybridized carbons (Fsp3) is 0.571. The Morgan fingerprint density at radius 1 is 1.55 bits per heavy atom. The lowest BCUT2D eigenvalue weighted by molar-refractivity contribution is -0.308. The van der Waals surface area contributed by atoms with E-state index in [2.05, 4.69) is 0 Å². The smallest absolute Gasteiger partial charge is 0.107 e. The molecule has 0 spiro atoms. The third-order valence-corrected chi connectivity index (χ3v) is 2.47. The van der Waals surface area contributed by atoms with E-state index in [1.54, 1.807) is 13.8 Å². The van der Waals surface area contributed by atoms with Crippen molar-refractivity contribution in [1.29, 1.82) is 0 Å². The van der Waals surface area contributed by atoms with Crippen LogP contribution in [0.5, 0.6) is 0 Å². The van der Waals surface area contributed by atoms with Gasteiger partial charge in [0, 0.05) is 17.3 Å². The minimum absolute atomic E-state index is 0.0594. The van der Waals surface area contributed by atoms with Gasteiger partial charge in [-0.05, 0) is 5.57 Å². The van der Waals surface area contributed by atoms with Gasteiger partial charge in [0.1, 0.15) is 4.49 Å². The summed E-state index contributed by atoms with van der Waals surface area (Å²) in [6, 6.07) is 0. The van der Waals surface area contributed by atoms with Crippen molar-refractivity contribution in [3.8, 4) is 0 Å². The third-order valence-electron chi connectivity index (χ3n) is 2.06. The van der Waals surface area contributed by atoms with E-state index in [1.165, 1.54) is 0 Å². The Bertz CT molecular complexity index is 239. The van der Waals surface area contributed by atoms with Gasteiger partial charge in [-0.2, -0.15) is 0 Å². The average molecular weight is 194 g/mol. The first-order valence-corrected chi connectivity index (χ1v) is 3.91. The first kappa shape index (κ1) is 8.88. The van der Waals surface area contributed by atoms with E-state index in [1.807, 2.05) is 0 Å². The van der Waals surface area contributed by atoms with Crippen molar-refractivity contribution in [3.05, 3.63) is 10.1 Å². The minimum atomic E-state index is -1.11. The molecule has 0 aliphatic heterocycles. The Labute approximate surface area is 74.8 Å². The Morgan fingerprint density at radius 2 is 2.00 bits per heavy atom. The van der Waals surface area contributed by atoms with Gasteiger partial charge >= 0.3 is 0 Å². The molecule has 1 atom stereocenters. The zero-order valence-electron chi connectivity index (χ0n) is 6.15. The van der Waals surface area contributed by atoms with Crippen LogP contribution in [0.25, 0.3) is 0 Å². The molecule has 2 nitrogen and oxygen atoms in total. The molecule has 1 aliphatic rings. The summed E-state index contributed by atoms with van der Waals surface area (Å²) in [5.74, 6) is -1.71. The highest BCUT2D eigenvalue weighted by molar-refractivity contribution is 6.56. The second kappa shape index (κ2) is 2.39. The van der Waals surface area contributed by atoms with Crippen LogP contribution in [0.15, 0.2) is 10.1 Å². The molecule has 0 aromatic carbocycles. The third kappa shape index (κ3) is 1.25. The van der Waals surface area contributed by atoms with Crippen LogP contribution in [0, 0.1) is 11.3 Å². The maximum Gasteiger partial charge on any atom is 0.107 e. The summed E-state index contributed by atoms with van der Waals surface area (Å²) in [7, 11) is 0. The van der Waals surface area contributed by atoms with Crippen molar-refractivity contribution in [2.24, 2.45) is 11.3 Å². The number of rotatable bonds is 1. The molecule has 62 valence electrons. The van der Waals surface area contributed by atoms with Crippen molar-refractivity contribution in [2.45, 2.75) is 13.8 Å². The van der Waals surface area contributed by atoms with E-state index in [4.69, 9.17) is 23.2 Å². The molecule has 4 heteroatoms. The maximum absolute atomic E-state index is 10.4. The average Bonchev–Trinajstić information content (AvgIpc) is 2.33. The van der Waals surface area contributed by atoms with E-state index in [0.29, 0.717) is 5.57 Å². The lowest BCUT2D eigenvalue weighted by Crippen LogP contribution is -2.26. The second-order valence-corrected chi connectivity index (χ2v) is 4.10. The van der Waals surface area contributed by atoms with Crippen LogP contribution < -0.4 is 5.11 Å². The maximum atomic E-state index is 10.4. The van der Waals surface area contributed by atoms with Gasteiger partial charge in [0.05, 0.1) is 0 Å². The van der Waals surface area contributed by atoms with Crippen molar-refractivity contribution in [3.63, 3.8) is 0 Å². The van der Waals surface area contributed by atoms with Gasteiger partial charge in [-0.25, -0.2) is 0 Å². The molecular weight excluding hydrogens is 187 g/mol. The van der Waals surface area contributed by atoms with E-state index < -0.39 is 17.3 Å². The summed E-state index contributed by atoms with van der Waals surface area (Å²) in [4.78, 5) is 10.4. The number of carboxylic acid groups (broad SMARTS) is 1. The lowest BCUT2D eigenvalue weighted by Gasteiger charge is -1.99. The van der Waals surface area contributed by atoms with Gasteiger partial charge in [0.2, 0.25) is 0 Å². The van der Waals surface area contributed by atoms with Crippen molar-refractivity contribution >= 4 is 29.2 Å². The zero-order chi connectivity index (χ0) is 8.81. The van der Waals surface area contributed by atoms with Crippen LogP contribution in [-0.2, 0) is 4.79 Å². The molecular formula is C7H7Cl2O2-. The molecule has 0 saturated heterocycles. The second-order valence-electron chi connectivity index (χ2n) is 3.15. The SMILES string of the molecule is CC1(C)C(=C(Cl)Cl)[C@H]1C(=O)[O-]. The van der Waals surface area contributed by atoms with Crippen LogP contribution in [0.2, 0.25) is 0 Å². The molecule has 11 heavy (non-hydrogen) atoms. The Hall–Kier alpha value is -0.210. The largest absolute Gasteiger partial charge is 0.549 e. The summed E-state index contributed by atoms with van der Waals surface area (Å²) in [5, 5.41) is 10.4. The van der Waals surface area contributed by atoms with Gasteiger partial charge in [-0.1, -0.05) is 37.0 Å². The van der Waals surface area contributed by atoms with Crippen LogP contribution >= 0.6 is 23.2 Å². The lowest BCUT2D eigenvalue weighted by atomic mass is 10.1. The molecule has 1 fully saturated rings. The molecule has 0 aromatic rings. The molecule has 0 bridgehead atoms. The number of carbonyl (C=O) groups is 1. The normalized spacial score (nSPS) is 26.5. The van der Waals surface area contributed by atoms with Gasteiger partial charge < -0.3 is 9.90 Å². The molecule has 0 amide bonds. The molecule has 0 N–H and O–H groups in total. The van der Waals surface area contributed by atoms with Gasteiger partial charge in [-0.3, -0.25) is 0 Å². The molecule has 1 aliphatic carbocycles. The monoisotopic (exact) mass is 193 g/mol. The molecule has 0 aromatic heterocycles. The van der Waals surface area contributed by atoms with E-state index in [0.717, 1.165) is 0 Å². The van der Waals surface area contributed by atoms with E-state index in [-0.39, 0.29) is 4.49 Å². The zero-order valence-corrected chi connectivity index (χ0v) is 7.66. The number of carbonyl (C=O) groups excluding carboxylic acids is 1. The highest BCUT2D eigenvalue weighted by Gasteiger charge is 2.54. The quantitative estimate of drug-likeness (QED) is 0.626. The highest BCUT2D eigenvalue weighted by Crippen LogP contribution is 2.60. The summed E-state index contributed by atoms with van der Waals surface area (Å²) in [5.41, 5.74) is 0.151. The van der Waals surface area contributed by atoms with Crippen molar-refractivity contribution in [2.75, 3.05) is 0 Å². The van der Waals surface area contributed by atoms with Crippen molar-refractivity contribution < 1.29 is 9.90 Å². The first-order valence-electron chi connectivity index (χ1n) is 3.15. The Kier molecular flexibility index (Phi) is 1.93. The minimum Gasteiger partial charge on any atom is -0.549 e. The number of hydrogen-bond acceptors (Lipinski definition) is 2. The molecule has 1 rings (SSSR count). The van der Waals surface area contributed by atoms with Gasteiger partial charge in [-0.15, -0.1) is 0 Å². The van der Waals surface area contributed by atoms with Crippen LogP contribution in [0.4, 0.5) is 0 Å². The summed E-state index contributed by atoms with van der Waals surface area (Å²) >= 11 is 10.9. The Balaban J connectivity index is 2.94. The number of hydrogen-bond donors (Lipinski definition) is 0. The van der Waals surface area contributed by atoms with E-state index >= 15 is 0 Å². The predicted molar refractivity (Wildman–Crippen MR) is 41.0 cm³/mol. The molecule has 0 heterocycles. The van der Waals surface area contributed by atoms with Gasteiger partial charge in [0.25, 0.3) is 0 Å². The Morgan fingerprint density at radius 3 is 2.09 bits per heavy atom. The predicted octanol–water partition coefficient (Wildman–Crippen LogP) is 1.08. The fourth-order valence-corrected chi connectivity index (χ4v) is 2.02. The van der Waals surface area contributed by atoms with Crippen molar-refractivity contribution in [1.82, 2.24) is 0 Å². The molecule has 1 saturated carbocycles. The first-order chi connectivity index (χ1) is 4.89. The summed E-state index contributed by atoms with van der Waals surface area (Å²) < 4.78 is 0.0594. The summed E-state index contributed by atoms with van der Waals surface area (Å²) in [6.45, 7) is 3.54. The number of carboxylic acids is 1. The molecule has 0 radical (unpaired) electrons. The van der Waals surface area contributed by atoms with Gasteiger partial charge in [0.15, 0.2) is 0 Å². The van der Waals surface area contributed by atoms with Crippen LogP contribution in [0.1, 0.15) is 13.8 Å².